The van der Waals surface area contributed by atoms with Crippen molar-refractivity contribution in [1.29, 1.82) is 0 Å². The number of rotatable bonds is 4. The minimum atomic E-state index is -1.85. The molecule has 0 bridgehead atoms. The van der Waals surface area contributed by atoms with Gasteiger partial charge in [0.15, 0.2) is 19.8 Å². The molecule has 1 aliphatic rings. The summed E-state index contributed by atoms with van der Waals surface area (Å²) in [5.41, 5.74) is 2.09. The smallest absolute Gasteiger partial charge is 0.231 e. The standard InChI is InChI=1S/C17H26O3Si/c1-8-13-9-10-14-16(19-11-18-14)15(13)12(2)20-21(6,7)17(3,4)5/h8-10,12H,1,11H2,2-7H3. The van der Waals surface area contributed by atoms with Crippen molar-refractivity contribution in [2.75, 3.05) is 6.79 Å². The average Bonchev–Trinajstić information content (AvgIpc) is 2.83. The Balaban J connectivity index is 2.38. The summed E-state index contributed by atoms with van der Waals surface area (Å²) in [5, 5.41) is 0.172. The number of benzene rings is 1. The van der Waals surface area contributed by atoms with Crippen LogP contribution in [-0.2, 0) is 4.43 Å². The molecule has 1 heterocycles. The largest absolute Gasteiger partial charge is 0.454 e. The fourth-order valence-electron chi connectivity index (χ4n) is 2.28. The van der Waals surface area contributed by atoms with Crippen LogP contribution in [0.1, 0.15) is 44.9 Å². The quantitative estimate of drug-likeness (QED) is 0.721. The SMILES string of the molecule is C=Cc1ccc2c(c1C(C)O[Si](C)(C)C(C)(C)C)OCO2. The third-order valence-corrected chi connectivity index (χ3v) is 9.07. The van der Waals surface area contributed by atoms with Gasteiger partial charge in [-0.2, -0.15) is 0 Å². The van der Waals surface area contributed by atoms with Gasteiger partial charge in [0.2, 0.25) is 6.79 Å². The Morgan fingerprint density at radius 1 is 1.29 bits per heavy atom. The van der Waals surface area contributed by atoms with Gasteiger partial charge in [-0.15, -0.1) is 0 Å². The van der Waals surface area contributed by atoms with Gasteiger partial charge in [0.05, 0.1) is 6.10 Å². The maximum atomic E-state index is 6.51. The summed E-state index contributed by atoms with van der Waals surface area (Å²) in [5.74, 6) is 1.60. The van der Waals surface area contributed by atoms with E-state index in [4.69, 9.17) is 13.9 Å². The lowest BCUT2D eigenvalue weighted by Gasteiger charge is -2.39. The van der Waals surface area contributed by atoms with Gasteiger partial charge in [0.25, 0.3) is 0 Å². The van der Waals surface area contributed by atoms with Crippen molar-refractivity contribution in [3.8, 4) is 11.5 Å². The Labute approximate surface area is 129 Å². The van der Waals surface area contributed by atoms with E-state index in [1.807, 2.05) is 18.2 Å². The lowest BCUT2D eigenvalue weighted by Crippen LogP contribution is -2.41. The highest BCUT2D eigenvalue weighted by atomic mass is 28.4. The molecule has 4 heteroatoms. The van der Waals surface area contributed by atoms with Gasteiger partial charge in [0, 0.05) is 5.56 Å². The van der Waals surface area contributed by atoms with Gasteiger partial charge in [0.1, 0.15) is 0 Å². The zero-order valence-corrected chi connectivity index (χ0v) is 14.9. The molecular weight excluding hydrogens is 280 g/mol. The van der Waals surface area contributed by atoms with Crippen LogP contribution in [0.4, 0.5) is 0 Å². The first-order valence-electron chi connectivity index (χ1n) is 7.40. The van der Waals surface area contributed by atoms with Crippen LogP contribution in [0.5, 0.6) is 11.5 Å². The van der Waals surface area contributed by atoms with E-state index in [-0.39, 0.29) is 17.9 Å². The number of hydrogen-bond acceptors (Lipinski definition) is 3. The topological polar surface area (TPSA) is 27.7 Å². The molecular formula is C17H26O3Si. The Kier molecular flexibility index (Phi) is 4.22. The zero-order valence-electron chi connectivity index (χ0n) is 13.9. The normalized spacial score (nSPS) is 15.9. The van der Waals surface area contributed by atoms with Crippen LogP contribution in [0.25, 0.3) is 6.08 Å². The van der Waals surface area contributed by atoms with Crippen molar-refractivity contribution in [1.82, 2.24) is 0 Å². The average molecular weight is 306 g/mol. The number of hydrogen-bond donors (Lipinski definition) is 0. The van der Waals surface area contributed by atoms with Crippen LogP contribution in [0, 0.1) is 0 Å². The highest BCUT2D eigenvalue weighted by Gasteiger charge is 2.39. The molecule has 1 atom stereocenters. The van der Waals surface area contributed by atoms with Crippen LogP contribution in [0.15, 0.2) is 18.7 Å². The van der Waals surface area contributed by atoms with E-state index in [0.717, 1.165) is 22.6 Å². The van der Waals surface area contributed by atoms with Crippen molar-refractivity contribution in [2.45, 2.75) is 51.9 Å². The van der Waals surface area contributed by atoms with Crippen molar-refractivity contribution in [3.63, 3.8) is 0 Å². The third-order valence-electron chi connectivity index (χ3n) is 4.52. The van der Waals surface area contributed by atoms with E-state index in [9.17, 15) is 0 Å². The zero-order chi connectivity index (χ0) is 15.8. The summed E-state index contributed by atoms with van der Waals surface area (Å²) in [4.78, 5) is 0. The van der Waals surface area contributed by atoms with Gasteiger partial charge < -0.3 is 13.9 Å². The Hall–Kier alpha value is -1.26. The predicted molar refractivity (Wildman–Crippen MR) is 89.4 cm³/mol. The monoisotopic (exact) mass is 306 g/mol. The van der Waals surface area contributed by atoms with Crippen molar-refractivity contribution < 1.29 is 13.9 Å². The van der Waals surface area contributed by atoms with Crippen LogP contribution in [0.3, 0.4) is 0 Å². The predicted octanol–water partition coefficient (Wildman–Crippen LogP) is 5.14. The molecule has 116 valence electrons. The maximum Gasteiger partial charge on any atom is 0.231 e. The Bertz CT molecular complexity index is 544. The molecule has 0 saturated heterocycles. The second-order valence-corrected chi connectivity index (χ2v) is 11.8. The fourth-order valence-corrected chi connectivity index (χ4v) is 3.64. The number of fused-ring (bicyclic) bond motifs is 1. The van der Waals surface area contributed by atoms with E-state index in [1.54, 1.807) is 0 Å². The Morgan fingerprint density at radius 3 is 2.52 bits per heavy atom. The lowest BCUT2D eigenvalue weighted by molar-refractivity contribution is 0.165. The van der Waals surface area contributed by atoms with E-state index in [0.29, 0.717) is 0 Å². The Morgan fingerprint density at radius 2 is 1.95 bits per heavy atom. The van der Waals surface area contributed by atoms with Gasteiger partial charge >= 0.3 is 0 Å². The van der Waals surface area contributed by atoms with Crippen LogP contribution < -0.4 is 9.47 Å². The van der Waals surface area contributed by atoms with Crippen molar-refractivity contribution >= 4 is 14.4 Å². The molecule has 0 saturated carbocycles. The van der Waals surface area contributed by atoms with Gasteiger partial charge in [-0.05, 0) is 36.7 Å². The summed E-state index contributed by atoms with van der Waals surface area (Å²) in [6.45, 7) is 17.5. The summed E-state index contributed by atoms with van der Waals surface area (Å²) >= 11 is 0. The van der Waals surface area contributed by atoms with Gasteiger partial charge in [-0.1, -0.05) is 39.5 Å². The van der Waals surface area contributed by atoms with Crippen molar-refractivity contribution in [3.05, 3.63) is 29.8 Å². The molecule has 0 amide bonds. The number of ether oxygens (including phenoxy) is 2. The van der Waals surface area contributed by atoms with E-state index in [1.165, 1.54) is 0 Å². The summed E-state index contributed by atoms with van der Waals surface area (Å²) < 4.78 is 17.7. The molecule has 3 nitrogen and oxygen atoms in total. The minimum Gasteiger partial charge on any atom is -0.454 e. The highest BCUT2D eigenvalue weighted by Crippen LogP contribution is 2.45. The second-order valence-electron chi connectivity index (χ2n) is 7.03. The van der Waals surface area contributed by atoms with Crippen LogP contribution in [-0.4, -0.2) is 15.1 Å². The second kappa shape index (κ2) is 5.50. The summed E-state index contributed by atoms with van der Waals surface area (Å²) in [7, 11) is -1.85. The van der Waals surface area contributed by atoms with E-state index < -0.39 is 8.32 Å². The van der Waals surface area contributed by atoms with E-state index in [2.05, 4.69) is 47.4 Å². The molecule has 0 fully saturated rings. The summed E-state index contributed by atoms with van der Waals surface area (Å²) in [6.07, 6.45) is 1.80. The molecule has 0 radical (unpaired) electrons. The molecule has 0 N–H and O–H groups in total. The molecule has 0 aliphatic carbocycles. The molecule has 2 rings (SSSR count). The molecule has 1 aromatic rings. The van der Waals surface area contributed by atoms with Crippen LogP contribution >= 0.6 is 0 Å². The van der Waals surface area contributed by atoms with E-state index >= 15 is 0 Å². The fraction of sp³-hybridized carbons (Fsp3) is 0.529. The first-order chi connectivity index (χ1) is 9.67. The van der Waals surface area contributed by atoms with Gasteiger partial charge in [-0.3, -0.25) is 0 Å². The molecule has 1 aliphatic heterocycles. The lowest BCUT2D eigenvalue weighted by atomic mass is 10.0. The first kappa shape index (κ1) is 16.1. The summed E-state index contributed by atoms with van der Waals surface area (Å²) in [6, 6.07) is 3.95. The third kappa shape index (κ3) is 3.01. The van der Waals surface area contributed by atoms with Gasteiger partial charge in [-0.25, -0.2) is 0 Å². The highest BCUT2D eigenvalue weighted by molar-refractivity contribution is 6.74. The molecule has 1 aromatic carbocycles. The maximum absolute atomic E-state index is 6.51. The molecule has 21 heavy (non-hydrogen) atoms. The first-order valence-corrected chi connectivity index (χ1v) is 10.3. The molecule has 0 spiro atoms. The molecule has 0 aromatic heterocycles. The van der Waals surface area contributed by atoms with Crippen LogP contribution in [0.2, 0.25) is 18.1 Å². The molecule has 1 unspecified atom stereocenters. The van der Waals surface area contributed by atoms with Crippen molar-refractivity contribution in [2.24, 2.45) is 0 Å². The minimum absolute atomic E-state index is 0.0458.